The summed E-state index contributed by atoms with van der Waals surface area (Å²) in [5.41, 5.74) is 0. The molecule has 10 heteroatoms. The van der Waals surface area contributed by atoms with E-state index >= 15 is 0 Å². The molecule has 0 saturated carbocycles. The minimum atomic E-state index is -1.27. The van der Waals surface area contributed by atoms with Gasteiger partial charge in [-0.1, -0.05) is 0 Å². The minimum absolute atomic E-state index is 0.286. The molecule has 2 saturated heterocycles. The molecule has 5 unspecified atom stereocenters. The molecule has 2 aliphatic heterocycles. The highest BCUT2D eigenvalue weighted by Crippen LogP contribution is 2.33. The number of ether oxygens (including phenoxy) is 6. The minimum Gasteiger partial charge on any atom is -0.463 e. The van der Waals surface area contributed by atoms with Crippen molar-refractivity contribution in [1.82, 2.24) is 0 Å². The van der Waals surface area contributed by atoms with Crippen LogP contribution in [0.15, 0.2) is 0 Å². The summed E-state index contributed by atoms with van der Waals surface area (Å²) in [5, 5.41) is 0. The second-order valence-corrected chi connectivity index (χ2v) is 4.94. The Morgan fingerprint density at radius 2 is 1.57 bits per heavy atom. The fourth-order valence-corrected chi connectivity index (χ4v) is 2.31. The van der Waals surface area contributed by atoms with Gasteiger partial charge in [0.2, 0.25) is 12.4 Å². The highest BCUT2D eigenvalue weighted by molar-refractivity contribution is 5.68. The molecule has 0 spiro atoms. The van der Waals surface area contributed by atoms with Gasteiger partial charge in [0.05, 0.1) is 0 Å². The molecule has 10 nitrogen and oxygen atoms in total. The highest BCUT2D eigenvalue weighted by atomic mass is 16.8. The summed E-state index contributed by atoms with van der Waals surface area (Å²) in [5.74, 6) is -1.91. The van der Waals surface area contributed by atoms with Crippen molar-refractivity contribution >= 4 is 24.1 Å². The van der Waals surface area contributed by atoms with Crippen LogP contribution in [-0.2, 0) is 42.8 Å². The first-order valence-electron chi connectivity index (χ1n) is 6.78. The van der Waals surface area contributed by atoms with Crippen molar-refractivity contribution in [2.24, 2.45) is 0 Å². The Morgan fingerprint density at radius 3 is 2.13 bits per heavy atom. The van der Waals surface area contributed by atoms with E-state index in [1.165, 1.54) is 6.92 Å². The average Bonchev–Trinajstić information content (AvgIpc) is 2.80. The van der Waals surface area contributed by atoms with E-state index in [0.717, 1.165) is 13.8 Å². The Hall–Kier alpha value is -2.36. The molecule has 0 bridgehead atoms. The zero-order valence-corrected chi connectivity index (χ0v) is 12.7. The molecule has 0 aromatic heterocycles. The number of esters is 3. The van der Waals surface area contributed by atoms with Crippen molar-refractivity contribution in [1.29, 1.82) is 0 Å². The molecule has 0 aromatic carbocycles. The summed E-state index contributed by atoms with van der Waals surface area (Å²) in [6.07, 6.45) is -6.49. The zero-order valence-electron chi connectivity index (χ0n) is 12.7. The standard InChI is InChI=1S/C13H16O10/c1-5(14)18-4-8-9(19-6(2)15)10-11(23-13(17)22-10)12(21-8)20-7(3)16/h8-12H,4H2,1-3H3. The quantitative estimate of drug-likeness (QED) is 0.499. The maximum Gasteiger partial charge on any atom is 0.509 e. The maximum atomic E-state index is 11.4. The molecule has 0 aromatic rings. The van der Waals surface area contributed by atoms with E-state index in [2.05, 4.69) is 0 Å². The highest BCUT2D eigenvalue weighted by Gasteiger charge is 2.57. The van der Waals surface area contributed by atoms with Crippen LogP contribution in [0.25, 0.3) is 0 Å². The van der Waals surface area contributed by atoms with Crippen LogP contribution in [0.3, 0.4) is 0 Å². The van der Waals surface area contributed by atoms with E-state index in [1.54, 1.807) is 0 Å². The van der Waals surface area contributed by atoms with Gasteiger partial charge in [0, 0.05) is 20.8 Å². The van der Waals surface area contributed by atoms with Gasteiger partial charge in [-0.15, -0.1) is 0 Å². The summed E-state index contributed by atoms with van der Waals surface area (Å²) in [6, 6.07) is 0. The van der Waals surface area contributed by atoms with Gasteiger partial charge in [-0.3, -0.25) is 14.4 Å². The molecule has 0 N–H and O–H groups in total. The second kappa shape index (κ2) is 6.82. The molecule has 128 valence electrons. The summed E-state index contributed by atoms with van der Waals surface area (Å²) in [7, 11) is 0. The number of fused-ring (bicyclic) bond motifs is 1. The van der Waals surface area contributed by atoms with Gasteiger partial charge in [-0.25, -0.2) is 4.79 Å². The van der Waals surface area contributed by atoms with Crippen LogP contribution < -0.4 is 0 Å². The number of hydrogen-bond acceptors (Lipinski definition) is 10. The molecular formula is C13H16O10. The SMILES string of the molecule is CC(=O)OCC1OC(OC(C)=O)C2OC(=O)OC2C1OC(C)=O. The first-order chi connectivity index (χ1) is 10.8. The van der Waals surface area contributed by atoms with E-state index in [9.17, 15) is 19.2 Å². The predicted molar refractivity (Wildman–Crippen MR) is 67.8 cm³/mol. The third-order valence-electron chi connectivity index (χ3n) is 3.09. The molecule has 2 aliphatic rings. The smallest absolute Gasteiger partial charge is 0.463 e. The number of carbonyl (C=O) groups excluding carboxylic acids is 4. The fourth-order valence-electron chi connectivity index (χ4n) is 2.31. The van der Waals surface area contributed by atoms with Crippen LogP contribution in [0.2, 0.25) is 0 Å². The van der Waals surface area contributed by atoms with Crippen molar-refractivity contribution in [3.05, 3.63) is 0 Å². The molecule has 0 amide bonds. The molecular weight excluding hydrogens is 316 g/mol. The zero-order chi connectivity index (χ0) is 17.1. The Labute approximate surface area is 130 Å². The maximum absolute atomic E-state index is 11.4. The van der Waals surface area contributed by atoms with E-state index < -0.39 is 54.8 Å². The first kappa shape index (κ1) is 17.0. The van der Waals surface area contributed by atoms with Crippen LogP contribution in [-0.4, -0.2) is 61.4 Å². The van der Waals surface area contributed by atoms with Gasteiger partial charge >= 0.3 is 24.1 Å². The molecule has 2 fully saturated rings. The van der Waals surface area contributed by atoms with Crippen LogP contribution in [0.4, 0.5) is 4.79 Å². The summed E-state index contributed by atoms with van der Waals surface area (Å²) < 4.78 is 30.2. The normalized spacial score (nSPS) is 32.1. The average molecular weight is 332 g/mol. The van der Waals surface area contributed by atoms with Gasteiger partial charge in [-0.05, 0) is 0 Å². The van der Waals surface area contributed by atoms with Gasteiger partial charge in [0.25, 0.3) is 0 Å². The third-order valence-corrected chi connectivity index (χ3v) is 3.09. The van der Waals surface area contributed by atoms with Crippen LogP contribution in [0, 0.1) is 0 Å². The first-order valence-corrected chi connectivity index (χ1v) is 6.78. The van der Waals surface area contributed by atoms with Gasteiger partial charge < -0.3 is 28.4 Å². The second-order valence-electron chi connectivity index (χ2n) is 4.94. The topological polar surface area (TPSA) is 124 Å². The van der Waals surface area contributed by atoms with Crippen LogP contribution >= 0.6 is 0 Å². The molecule has 0 aliphatic carbocycles. The monoisotopic (exact) mass is 332 g/mol. The number of carbonyl (C=O) groups is 4. The van der Waals surface area contributed by atoms with Gasteiger partial charge in [0.15, 0.2) is 12.2 Å². The fraction of sp³-hybridized carbons (Fsp3) is 0.692. The van der Waals surface area contributed by atoms with Gasteiger partial charge in [0.1, 0.15) is 12.7 Å². The number of rotatable bonds is 4. The summed E-state index contributed by atoms with van der Waals surface area (Å²) in [4.78, 5) is 44.8. The predicted octanol–water partition coefficient (Wildman–Crippen LogP) is -0.327. The summed E-state index contributed by atoms with van der Waals surface area (Å²) >= 11 is 0. The molecule has 2 rings (SSSR count). The van der Waals surface area contributed by atoms with E-state index in [1.807, 2.05) is 0 Å². The molecule has 0 radical (unpaired) electrons. The molecule has 2 heterocycles. The van der Waals surface area contributed by atoms with Crippen molar-refractivity contribution in [3.63, 3.8) is 0 Å². The van der Waals surface area contributed by atoms with E-state index in [4.69, 9.17) is 28.4 Å². The van der Waals surface area contributed by atoms with E-state index in [0.29, 0.717) is 0 Å². The van der Waals surface area contributed by atoms with Gasteiger partial charge in [-0.2, -0.15) is 0 Å². The van der Waals surface area contributed by atoms with Crippen molar-refractivity contribution < 1.29 is 47.6 Å². The van der Waals surface area contributed by atoms with Crippen molar-refractivity contribution in [3.8, 4) is 0 Å². The molecule has 23 heavy (non-hydrogen) atoms. The number of hydrogen-bond donors (Lipinski definition) is 0. The Bertz CT molecular complexity index is 515. The van der Waals surface area contributed by atoms with Crippen LogP contribution in [0.5, 0.6) is 0 Å². The van der Waals surface area contributed by atoms with Crippen molar-refractivity contribution in [2.75, 3.05) is 6.61 Å². The Morgan fingerprint density at radius 1 is 0.957 bits per heavy atom. The lowest BCUT2D eigenvalue weighted by Gasteiger charge is -2.39. The largest absolute Gasteiger partial charge is 0.509 e. The van der Waals surface area contributed by atoms with Crippen molar-refractivity contribution in [2.45, 2.75) is 51.5 Å². The summed E-state index contributed by atoms with van der Waals surface area (Å²) in [6.45, 7) is 3.21. The lowest BCUT2D eigenvalue weighted by Crippen LogP contribution is -2.59. The third kappa shape index (κ3) is 4.09. The van der Waals surface area contributed by atoms with Crippen LogP contribution in [0.1, 0.15) is 20.8 Å². The van der Waals surface area contributed by atoms with E-state index in [-0.39, 0.29) is 6.61 Å². The lowest BCUT2D eigenvalue weighted by atomic mass is 9.99. The Balaban J connectivity index is 2.22. The lowest BCUT2D eigenvalue weighted by molar-refractivity contribution is -0.274. The Kier molecular flexibility index (Phi) is 5.04. The molecule has 5 atom stereocenters.